The molecule has 1 N–H and O–H groups in total. The van der Waals surface area contributed by atoms with E-state index in [-0.39, 0.29) is 12.3 Å². The fraction of sp³-hybridized carbons (Fsp3) is 0.150. The first-order chi connectivity index (χ1) is 13.8. The fourth-order valence-corrected chi connectivity index (χ4v) is 3.36. The van der Waals surface area contributed by atoms with E-state index in [2.05, 4.69) is 15.0 Å². The summed E-state index contributed by atoms with van der Waals surface area (Å²) >= 11 is 1.24. The quantitative estimate of drug-likeness (QED) is 0.603. The fourth-order valence-electron chi connectivity index (χ4n) is 2.53. The van der Waals surface area contributed by atoms with Gasteiger partial charge < -0.3 is 10.1 Å². The van der Waals surface area contributed by atoms with Gasteiger partial charge in [0, 0.05) is 16.6 Å². The Morgan fingerprint density at radius 3 is 2.52 bits per heavy atom. The monoisotopic (exact) mass is 420 g/mol. The van der Waals surface area contributed by atoms with E-state index in [1.807, 2.05) is 0 Å². The summed E-state index contributed by atoms with van der Waals surface area (Å²) in [5.41, 5.74) is 1.05. The van der Waals surface area contributed by atoms with Crippen molar-refractivity contribution < 1.29 is 27.5 Å². The molecule has 0 unspecified atom stereocenters. The number of aromatic nitrogens is 1. The number of halogens is 3. The molecule has 0 aliphatic carbocycles. The molecule has 1 heterocycles. The number of esters is 1. The third-order valence-electron chi connectivity index (χ3n) is 3.92. The molecule has 0 fully saturated rings. The van der Waals surface area contributed by atoms with Crippen LogP contribution in [-0.4, -0.2) is 24.0 Å². The first-order valence-corrected chi connectivity index (χ1v) is 9.24. The Hall–Kier alpha value is -3.20. The van der Waals surface area contributed by atoms with Gasteiger partial charge in [-0.1, -0.05) is 18.2 Å². The summed E-state index contributed by atoms with van der Waals surface area (Å²) in [7, 11) is 1.27. The molecule has 2 aromatic carbocycles. The van der Waals surface area contributed by atoms with Crippen molar-refractivity contribution in [3.05, 3.63) is 70.7 Å². The van der Waals surface area contributed by atoms with Gasteiger partial charge in [-0.15, -0.1) is 11.3 Å². The molecule has 3 aromatic rings. The number of nitrogens with zero attached hydrogens (tertiary/aromatic N) is 1. The highest BCUT2D eigenvalue weighted by Crippen LogP contribution is 2.31. The summed E-state index contributed by atoms with van der Waals surface area (Å²) in [6.07, 6.45) is -4.41. The molecule has 150 valence electrons. The molecule has 0 radical (unpaired) electrons. The van der Waals surface area contributed by atoms with Gasteiger partial charge in [0.05, 0.1) is 30.4 Å². The van der Waals surface area contributed by atoms with Gasteiger partial charge in [-0.25, -0.2) is 9.78 Å². The molecule has 0 spiro atoms. The zero-order valence-corrected chi connectivity index (χ0v) is 15.9. The van der Waals surface area contributed by atoms with Crippen LogP contribution in [0.15, 0.2) is 53.9 Å². The molecule has 3 rings (SSSR count). The number of anilines is 1. The second kappa shape index (κ2) is 8.44. The zero-order valence-electron chi connectivity index (χ0n) is 15.1. The lowest BCUT2D eigenvalue weighted by Gasteiger charge is -2.06. The average Bonchev–Trinajstić information content (AvgIpc) is 3.15. The van der Waals surface area contributed by atoms with Crippen LogP contribution in [0.3, 0.4) is 0 Å². The number of ether oxygens (including phenoxy) is 1. The minimum Gasteiger partial charge on any atom is -0.465 e. The molecule has 0 aliphatic heterocycles. The highest BCUT2D eigenvalue weighted by Gasteiger charge is 2.30. The van der Waals surface area contributed by atoms with Gasteiger partial charge in [0.1, 0.15) is 5.01 Å². The third kappa shape index (κ3) is 5.20. The van der Waals surface area contributed by atoms with Crippen LogP contribution in [0.25, 0.3) is 10.6 Å². The molecule has 5 nitrogen and oxygen atoms in total. The van der Waals surface area contributed by atoms with Crippen molar-refractivity contribution in [2.24, 2.45) is 0 Å². The maximum atomic E-state index is 12.7. The summed E-state index contributed by atoms with van der Waals surface area (Å²) < 4.78 is 42.6. The number of amides is 1. The van der Waals surface area contributed by atoms with Crippen molar-refractivity contribution >= 4 is 28.9 Å². The van der Waals surface area contributed by atoms with E-state index >= 15 is 0 Å². The van der Waals surface area contributed by atoms with Crippen molar-refractivity contribution in [3.8, 4) is 10.6 Å². The van der Waals surface area contributed by atoms with Gasteiger partial charge in [0.15, 0.2) is 0 Å². The van der Waals surface area contributed by atoms with Gasteiger partial charge in [-0.2, -0.15) is 13.2 Å². The molecule has 0 saturated heterocycles. The van der Waals surface area contributed by atoms with Gasteiger partial charge in [0.2, 0.25) is 5.91 Å². The summed E-state index contributed by atoms with van der Waals surface area (Å²) in [5.74, 6) is -0.849. The van der Waals surface area contributed by atoms with Crippen LogP contribution in [0.2, 0.25) is 0 Å². The number of alkyl halides is 3. The Bertz CT molecular complexity index is 1030. The second-order valence-electron chi connectivity index (χ2n) is 6.02. The van der Waals surface area contributed by atoms with Crippen LogP contribution in [0, 0.1) is 0 Å². The number of benzene rings is 2. The minimum atomic E-state index is -4.39. The first kappa shape index (κ1) is 20.5. The van der Waals surface area contributed by atoms with E-state index in [9.17, 15) is 22.8 Å². The van der Waals surface area contributed by atoms with Crippen LogP contribution in [0.5, 0.6) is 0 Å². The summed E-state index contributed by atoms with van der Waals surface area (Å²) in [5, 5.41) is 4.88. The molecular weight excluding hydrogens is 405 g/mol. The lowest BCUT2D eigenvalue weighted by Crippen LogP contribution is -2.15. The van der Waals surface area contributed by atoms with E-state index in [4.69, 9.17) is 0 Å². The number of carbonyl (C=O) groups excluding carboxylic acids is 2. The molecule has 1 amide bonds. The molecule has 29 heavy (non-hydrogen) atoms. The molecular formula is C20H15F3N2O3S. The van der Waals surface area contributed by atoms with E-state index in [0.29, 0.717) is 27.5 Å². The van der Waals surface area contributed by atoms with Crippen molar-refractivity contribution in [2.45, 2.75) is 12.6 Å². The molecule has 0 bridgehead atoms. The van der Waals surface area contributed by atoms with Gasteiger partial charge in [-0.05, 0) is 30.3 Å². The summed E-state index contributed by atoms with van der Waals surface area (Å²) in [6.45, 7) is 0. The lowest BCUT2D eigenvalue weighted by molar-refractivity contribution is -0.137. The van der Waals surface area contributed by atoms with Crippen molar-refractivity contribution in [2.75, 3.05) is 12.4 Å². The number of hydrogen-bond acceptors (Lipinski definition) is 5. The average molecular weight is 420 g/mol. The maximum absolute atomic E-state index is 12.7. The predicted octanol–water partition coefficient (Wildman–Crippen LogP) is 4.80. The summed E-state index contributed by atoms with van der Waals surface area (Å²) in [4.78, 5) is 28.1. The van der Waals surface area contributed by atoms with Crippen molar-refractivity contribution in [1.82, 2.24) is 4.98 Å². The third-order valence-corrected chi connectivity index (χ3v) is 4.86. The molecule has 0 saturated carbocycles. The standard InChI is InChI=1S/C20H15F3N2O3S/c1-28-19(27)13-3-2-4-15(9-13)24-17(26)10-16-11-29-18(25-16)12-5-7-14(8-6-12)20(21,22)23/h2-9,11H,10H2,1H3,(H,24,26). The van der Waals surface area contributed by atoms with Gasteiger partial charge in [0.25, 0.3) is 0 Å². The molecule has 0 atom stereocenters. The van der Waals surface area contributed by atoms with E-state index < -0.39 is 17.7 Å². The first-order valence-electron chi connectivity index (χ1n) is 8.36. The molecule has 0 aliphatic rings. The largest absolute Gasteiger partial charge is 0.465 e. The topological polar surface area (TPSA) is 68.3 Å². The highest BCUT2D eigenvalue weighted by atomic mass is 32.1. The second-order valence-corrected chi connectivity index (χ2v) is 6.87. The SMILES string of the molecule is COC(=O)c1cccc(NC(=O)Cc2csc(-c3ccc(C(F)(F)F)cc3)n2)c1. The van der Waals surface area contributed by atoms with Crippen LogP contribution in [0.4, 0.5) is 18.9 Å². The number of thiazole rings is 1. The van der Waals surface area contributed by atoms with E-state index in [1.165, 1.54) is 36.6 Å². The Labute approximate surface area is 168 Å². The Morgan fingerprint density at radius 2 is 1.86 bits per heavy atom. The van der Waals surface area contributed by atoms with E-state index in [0.717, 1.165) is 12.1 Å². The highest BCUT2D eigenvalue weighted by molar-refractivity contribution is 7.13. The summed E-state index contributed by atoms with van der Waals surface area (Å²) in [6, 6.07) is 11.0. The molecule has 1 aromatic heterocycles. The van der Waals surface area contributed by atoms with Crippen LogP contribution >= 0.6 is 11.3 Å². The predicted molar refractivity (Wildman–Crippen MR) is 103 cm³/mol. The normalized spacial score (nSPS) is 11.2. The number of rotatable bonds is 5. The zero-order chi connectivity index (χ0) is 21.0. The number of hydrogen-bond donors (Lipinski definition) is 1. The Kier molecular flexibility index (Phi) is 5.97. The van der Waals surface area contributed by atoms with Crippen LogP contribution in [-0.2, 0) is 22.1 Å². The number of carbonyl (C=O) groups is 2. The van der Waals surface area contributed by atoms with Crippen LogP contribution in [0.1, 0.15) is 21.6 Å². The minimum absolute atomic E-state index is 0.0143. The Morgan fingerprint density at radius 1 is 1.14 bits per heavy atom. The van der Waals surface area contributed by atoms with Crippen molar-refractivity contribution in [1.29, 1.82) is 0 Å². The van der Waals surface area contributed by atoms with Crippen LogP contribution < -0.4 is 5.32 Å². The number of methoxy groups -OCH3 is 1. The Balaban J connectivity index is 1.65. The van der Waals surface area contributed by atoms with Crippen molar-refractivity contribution in [3.63, 3.8) is 0 Å². The molecule has 9 heteroatoms. The smallest absolute Gasteiger partial charge is 0.416 e. The number of nitrogens with one attached hydrogen (secondary N) is 1. The van der Waals surface area contributed by atoms with E-state index in [1.54, 1.807) is 23.6 Å². The lowest BCUT2D eigenvalue weighted by atomic mass is 10.1. The van der Waals surface area contributed by atoms with Gasteiger partial charge in [-0.3, -0.25) is 4.79 Å². The van der Waals surface area contributed by atoms with Gasteiger partial charge >= 0.3 is 12.1 Å². The maximum Gasteiger partial charge on any atom is 0.416 e.